The van der Waals surface area contributed by atoms with Crippen molar-refractivity contribution >= 4 is 82.5 Å². The van der Waals surface area contributed by atoms with E-state index < -0.39 is 0 Å². The van der Waals surface area contributed by atoms with Crippen molar-refractivity contribution in [2.45, 2.75) is 0 Å². The minimum absolute atomic E-state index is 0.601. The summed E-state index contributed by atoms with van der Waals surface area (Å²) in [6.07, 6.45) is 0. The van der Waals surface area contributed by atoms with Gasteiger partial charge in [0.05, 0.1) is 5.69 Å². The number of benzene rings is 9. The fourth-order valence-electron chi connectivity index (χ4n) is 8.49. The van der Waals surface area contributed by atoms with Crippen LogP contribution in [0.1, 0.15) is 0 Å². The van der Waals surface area contributed by atoms with E-state index in [9.17, 15) is 0 Å². The second-order valence-electron chi connectivity index (χ2n) is 15.0. The van der Waals surface area contributed by atoms with Crippen molar-refractivity contribution in [3.63, 3.8) is 0 Å². The van der Waals surface area contributed by atoms with Crippen molar-refractivity contribution in [3.8, 4) is 33.8 Å². The Kier molecular flexibility index (Phi) is 7.47. The van der Waals surface area contributed by atoms with Gasteiger partial charge in [-0.05, 0) is 134 Å². The molecule has 0 aliphatic heterocycles. The van der Waals surface area contributed by atoms with Crippen LogP contribution >= 0.6 is 0 Å². The SMILES string of the molecule is c1ccc2cc(-c3ccc4c(ccc5cc(N(c6ccc(-c7ccc8c(n7)oc7ccccc78)cc6)c6ccc(-c7nc8ccccc8o7)cc6)ccc54)c3)ccc2c1. The van der Waals surface area contributed by atoms with Gasteiger partial charge in [0.1, 0.15) is 11.1 Å². The Morgan fingerprint density at radius 2 is 0.915 bits per heavy atom. The zero-order chi connectivity index (χ0) is 38.9. The van der Waals surface area contributed by atoms with Crippen LogP contribution in [-0.4, -0.2) is 9.97 Å². The number of hydrogen-bond donors (Lipinski definition) is 0. The van der Waals surface area contributed by atoms with E-state index >= 15 is 0 Å². The predicted molar refractivity (Wildman–Crippen MR) is 243 cm³/mol. The van der Waals surface area contributed by atoms with Crippen LogP contribution in [0.5, 0.6) is 0 Å². The summed E-state index contributed by atoms with van der Waals surface area (Å²) >= 11 is 0. The summed E-state index contributed by atoms with van der Waals surface area (Å²) in [6.45, 7) is 0. The molecule has 0 N–H and O–H groups in total. The Bertz CT molecular complexity index is 3530. The molecule has 0 fully saturated rings. The van der Waals surface area contributed by atoms with E-state index in [1.807, 2.05) is 42.5 Å². The van der Waals surface area contributed by atoms with Crippen molar-refractivity contribution in [2.75, 3.05) is 4.90 Å². The largest absolute Gasteiger partial charge is 0.438 e. The smallest absolute Gasteiger partial charge is 0.227 e. The minimum Gasteiger partial charge on any atom is -0.438 e. The molecule has 3 aromatic heterocycles. The topological polar surface area (TPSA) is 55.3 Å². The zero-order valence-corrected chi connectivity index (χ0v) is 31.7. The zero-order valence-electron chi connectivity index (χ0n) is 31.7. The molecule has 0 radical (unpaired) electrons. The first-order chi connectivity index (χ1) is 29.2. The third-order valence-electron chi connectivity index (χ3n) is 11.5. The minimum atomic E-state index is 0.601. The van der Waals surface area contributed by atoms with Crippen molar-refractivity contribution in [3.05, 3.63) is 200 Å². The lowest BCUT2D eigenvalue weighted by Crippen LogP contribution is -2.10. The van der Waals surface area contributed by atoms with E-state index in [4.69, 9.17) is 18.8 Å². The number of aromatic nitrogens is 2. The molecule has 276 valence electrons. The highest BCUT2D eigenvalue weighted by molar-refractivity contribution is 6.10. The van der Waals surface area contributed by atoms with Crippen LogP contribution in [0.2, 0.25) is 0 Å². The first-order valence-corrected chi connectivity index (χ1v) is 19.8. The van der Waals surface area contributed by atoms with Gasteiger partial charge in [-0.15, -0.1) is 0 Å². The summed E-state index contributed by atoms with van der Waals surface area (Å²) < 4.78 is 12.2. The van der Waals surface area contributed by atoms with Gasteiger partial charge in [0.15, 0.2) is 5.58 Å². The van der Waals surface area contributed by atoms with E-state index in [-0.39, 0.29) is 0 Å². The van der Waals surface area contributed by atoms with Gasteiger partial charge in [-0.3, -0.25) is 0 Å². The molecule has 9 aromatic carbocycles. The molecule has 0 spiro atoms. The van der Waals surface area contributed by atoms with E-state index in [1.165, 1.54) is 43.4 Å². The van der Waals surface area contributed by atoms with E-state index in [1.54, 1.807) is 0 Å². The maximum Gasteiger partial charge on any atom is 0.227 e. The highest BCUT2D eigenvalue weighted by Gasteiger charge is 2.17. The number of para-hydroxylation sites is 3. The third-order valence-corrected chi connectivity index (χ3v) is 11.5. The van der Waals surface area contributed by atoms with Crippen molar-refractivity contribution in [2.24, 2.45) is 0 Å². The molecule has 0 atom stereocenters. The molecule has 5 heteroatoms. The second kappa shape index (κ2) is 13.3. The Hall–Kier alpha value is -8.02. The Morgan fingerprint density at radius 3 is 1.71 bits per heavy atom. The number of rotatable bonds is 6. The molecule has 12 aromatic rings. The summed E-state index contributed by atoms with van der Waals surface area (Å²) in [5.41, 5.74) is 11.4. The molecule has 0 saturated carbocycles. The molecular weight excluding hydrogens is 723 g/mol. The molecule has 0 amide bonds. The van der Waals surface area contributed by atoms with E-state index in [0.717, 1.165) is 61.3 Å². The lowest BCUT2D eigenvalue weighted by molar-refractivity contribution is 0.620. The first-order valence-electron chi connectivity index (χ1n) is 19.8. The molecule has 3 heterocycles. The molecule has 59 heavy (non-hydrogen) atoms. The summed E-state index contributed by atoms with van der Waals surface area (Å²) in [5.74, 6) is 0.601. The molecule has 0 bridgehead atoms. The highest BCUT2D eigenvalue weighted by Crippen LogP contribution is 2.40. The average molecular weight is 756 g/mol. The van der Waals surface area contributed by atoms with Gasteiger partial charge >= 0.3 is 0 Å². The lowest BCUT2D eigenvalue weighted by Gasteiger charge is -2.26. The van der Waals surface area contributed by atoms with Gasteiger partial charge in [-0.1, -0.05) is 109 Å². The summed E-state index contributed by atoms with van der Waals surface area (Å²) in [6, 6.07) is 70.4. The molecule has 5 nitrogen and oxygen atoms in total. The van der Waals surface area contributed by atoms with Crippen LogP contribution in [0, 0.1) is 0 Å². The predicted octanol–water partition coefficient (Wildman–Crippen LogP) is 15.1. The number of anilines is 3. The van der Waals surface area contributed by atoms with Crippen LogP contribution in [0.15, 0.2) is 209 Å². The van der Waals surface area contributed by atoms with Crippen LogP contribution < -0.4 is 4.90 Å². The highest BCUT2D eigenvalue weighted by atomic mass is 16.3. The number of hydrogen-bond acceptors (Lipinski definition) is 5. The Morgan fingerprint density at radius 1 is 0.339 bits per heavy atom. The molecule has 0 aliphatic carbocycles. The molecule has 0 aliphatic rings. The maximum absolute atomic E-state index is 6.12. The summed E-state index contributed by atoms with van der Waals surface area (Å²) in [5, 5.41) is 9.41. The number of pyridine rings is 1. The fraction of sp³-hybridized carbons (Fsp3) is 0. The van der Waals surface area contributed by atoms with Crippen LogP contribution in [-0.2, 0) is 0 Å². The lowest BCUT2D eigenvalue weighted by atomic mass is 9.96. The second-order valence-corrected chi connectivity index (χ2v) is 15.0. The van der Waals surface area contributed by atoms with Crippen LogP contribution in [0.25, 0.3) is 99.3 Å². The number of oxazole rings is 1. The van der Waals surface area contributed by atoms with Gasteiger partial charge in [0.25, 0.3) is 0 Å². The first kappa shape index (κ1) is 33.2. The number of fused-ring (bicyclic) bond motifs is 8. The van der Waals surface area contributed by atoms with E-state index in [2.05, 4.69) is 163 Å². The normalized spacial score (nSPS) is 11.7. The van der Waals surface area contributed by atoms with Crippen molar-refractivity contribution in [1.29, 1.82) is 0 Å². The molecular formula is C54H33N3O2. The standard InChI is InChI=1S/C54H33N3O2/c1-2-8-37-31-38(14-13-34(37)7-1)39-21-27-45-40(32-39)15-16-41-33-44(26-28-46(41)45)57(43-24-19-36(20-25-43)53-56-50-10-4-6-12-52(50)59-53)42-22-17-35(18-23-42)49-30-29-48-47-9-3-5-11-51(47)58-54(48)55-49/h1-33H. The molecule has 0 unspecified atom stereocenters. The fourth-order valence-corrected chi connectivity index (χ4v) is 8.49. The average Bonchev–Trinajstić information content (AvgIpc) is 3.91. The van der Waals surface area contributed by atoms with Crippen LogP contribution in [0.3, 0.4) is 0 Å². The third kappa shape index (κ3) is 5.71. The summed E-state index contributed by atoms with van der Waals surface area (Å²) in [4.78, 5) is 12.0. The Labute approximate surface area is 339 Å². The monoisotopic (exact) mass is 755 g/mol. The van der Waals surface area contributed by atoms with Crippen LogP contribution in [0.4, 0.5) is 17.1 Å². The summed E-state index contributed by atoms with van der Waals surface area (Å²) in [7, 11) is 0. The van der Waals surface area contributed by atoms with Gasteiger partial charge in [0, 0.05) is 39.0 Å². The number of nitrogens with zero attached hydrogens (tertiary/aromatic N) is 3. The van der Waals surface area contributed by atoms with E-state index in [0.29, 0.717) is 11.6 Å². The van der Waals surface area contributed by atoms with Gasteiger partial charge in [0.2, 0.25) is 11.6 Å². The van der Waals surface area contributed by atoms with Gasteiger partial charge in [-0.25, -0.2) is 9.97 Å². The van der Waals surface area contributed by atoms with Gasteiger partial charge < -0.3 is 13.7 Å². The molecule has 12 rings (SSSR count). The van der Waals surface area contributed by atoms with Crippen molar-refractivity contribution < 1.29 is 8.83 Å². The Balaban J connectivity index is 0.929. The molecule has 0 saturated heterocycles. The van der Waals surface area contributed by atoms with Gasteiger partial charge in [-0.2, -0.15) is 0 Å². The maximum atomic E-state index is 6.12. The quantitative estimate of drug-likeness (QED) is 0.158. The van der Waals surface area contributed by atoms with Crippen molar-refractivity contribution in [1.82, 2.24) is 9.97 Å². The number of furan rings is 1.